The molecular weight excluding hydrogens is 302 g/mol. The van der Waals surface area contributed by atoms with Gasteiger partial charge in [-0.25, -0.2) is 4.79 Å². The summed E-state index contributed by atoms with van der Waals surface area (Å²) < 4.78 is 15.9. The number of benzene rings is 1. The van der Waals surface area contributed by atoms with Crippen LogP contribution in [0, 0.1) is 0 Å². The number of amides is 1. The fraction of sp³-hybridized carbons (Fsp3) is 0.500. The molecule has 0 bridgehead atoms. The van der Waals surface area contributed by atoms with Crippen LogP contribution in [0.1, 0.15) is 23.7 Å². The Hall–Kier alpha value is -2.28. The van der Waals surface area contributed by atoms with Crippen LogP contribution in [0.25, 0.3) is 0 Å². The molecule has 1 N–H and O–H groups in total. The van der Waals surface area contributed by atoms with Gasteiger partial charge in [-0.05, 0) is 18.6 Å². The number of carboxylic acids is 1. The SMILES string of the molecule is CCCOc1cc(OC)ccc1C(=O)N1CCOC(C(=O)O)C1. The first kappa shape index (κ1) is 17.1. The van der Waals surface area contributed by atoms with Crippen molar-refractivity contribution in [3.05, 3.63) is 23.8 Å². The predicted molar refractivity (Wildman–Crippen MR) is 82.1 cm³/mol. The molecule has 1 aromatic carbocycles. The van der Waals surface area contributed by atoms with Crippen LogP contribution in [0.2, 0.25) is 0 Å². The summed E-state index contributed by atoms with van der Waals surface area (Å²) in [6.07, 6.45) is -0.185. The van der Waals surface area contributed by atoms with E-state index >= 15 is 0 Å². The Balaban J connectivity index is 2.21. The van der Waals surface area contributed by atoms with E-state index in [4.69, 9.17) is 19.3 Å². The first-order valence-corrected chi connectivity index (χ1v) is 7.51. The maximum atomic E-state index is 12.7. The molecule has 1 fully saturated rings. The van der Waals surface area contributed by atoms with Gasteiger partial charge in [0.2, 0.25) is 0 Å². The van der Waals surface area contributed by atoms with Crippen molar-refractivity contribution < 1.29 is 28.9 Å². The zero-order valence-corrected chi connectivity index (χ0v) is 13.3. The average molecular weight is 323 g/mol. The molecular formula is C16H21NO6. The highest BCUT2D eigenvalue weighted by Gasteiger charge is 2.30. The summed E-state index contributed by atoms with van der Waals surface area (Å²) >= 11 is 0. The van der Waals surface area contributed by atoms with E-state index in [1.54, 1.807) is 25.3 Å². The molecule has 1 saturated heterocycles. The van der Waals surface area contributed by atoms with E-state index in [1.165, 1.54) is 4.90 Å². The Morgan fingerprint density at radius 2 is 2.22 bits per heavy atom. The summed E-state index contributed by atoms with van der Waals surface area (Å²) in [7, 11) is 1.54. The van der Waals surface area contributed by atoms with E-state index in [-0.39, 0.29) is 19.1 Å². The molecule has 7 nitrogen and oxygen atoms in total. The van der Waals surface area contributed by atoms with E-state index in [1.807, 2.05) is 6.92 Å². The lowest BCUT2D eigenvalue weighted by Gasteiger charge is -2.31. The molecule has 0 saturated carbocycles. The number of carboxylic acid groups (broad SMARTS) is 1. The molecule has 0 aromatic heterocycles. The minimum atomic E-state index is -1.07. The van der Waals surface area contributed by atoms with Crippen molar-refractivity contribution in [2.24, 2.45) is 0 Å². The van der Waals surface area contributed by atoms with Crippen LogP contribution in [0.3, 0.4) is 0 Å². The lowest BCUT2D eigenvalue weighted by Crippen LogP contribution is -2.48. The number of hydrogen-bond acceptors (Lipinski definition) is 5. The van der Waals surface area contributed by atoms with E-state index in [9.17, 15) is 9.59 Å². The van der Waals surface area contributed by atoms with Gasteiger partial charge in [-0.1, -0.05) is 6.92 Å². The Labute approximate surface area is 134 Å². The highest BCUT2D eigenvalue weighted by atomic mass is 16.5. The van der Waals surface area contributed by atoms with Crippen LogP contribution in [0.4, 0.5) is 0 Å². The molecule has 1 amide bonds. The van der Waals surface area contributed by atoms with Gasteiger partial charge in [0.1, 0.15) is 11.5 Å². The van der Waals surface area contributed by atoms with Crippen LogP contribution in [0.5, 0.6) is 11.5 Å². The molecule has 1 heterocycles. The number of ether oxygens (including phenoxy) is 3. The van der Waals surface area contributed by atoms with Gasteiger partial charge in [0.25, 0.3) is 5.91 Å². The van der Waals surface area contributed by atoms with E-state index in [0.29, 0.717) is 30.2 Å². The van der Waals surface area contributed by atoms with E-state index in [2.05, 4.69) is 0 Å². The first-order valence-electron chi connectivity index (χ1n) is 7.51. The fourth-order valence-corrected chi connectivity index (χ4v) is 2.29. The van der Waals surface area contributed by atoms with Crippen LogP contribution < -0.4 is 9.47 Å². The number of aliphatic carboxylic acids is 1. The van der Waals surface area contributed by atoms with Gasteiger partial charge >= 0.3 is 5.97 Å². The lowest BCUT2D eigenvalue weighted by atomic mass is 10.1. The minimum Gasteiger partial charge on any atom is -0.497 e. The number of rotatable bonds is 6. The third kappa shape index (κ3) is 4.13. The van der Waals surface area contributed by atoms with Crippen molar-refractivity contribution in [1.29, 1.82) is 0 Å². The minimum absolute atomic E-state index is 0.0212. The molecule has 23 heavy (non-hydrogen) atoms. The number of carbonyl (C=O) groups excluding carboxylic acids is 1. The highest BCUT2D eigenvalue weighted by Crippen LogP contribution is 2.27. The zero-order valence-electron chi connectivity index (χ0n) is 13.3. The second-order valence-corrected chi connectivity index (χ2v) is 5.16. The molecule has 7 heteroatoms. The third-order valence-corrected chi connectivity index (χ3v) is 3.51. The molecule has 1 aliphatic rings. The van der Waals surface area contributed by atoms with Crippen molar-refractivity contribution in [2.75, 3.05) is 33.4 Å². The summed E-state index contributed by atoms with van der Waals surface area (Å²) in [6.45, 7) is 3.02. The van der Waals surface area contributed by atoms with Crippen LogP contribution in [-0.4, -0.2) is 61.4 Å². The summed E-state index contributed by atoms with van der Waals surface area (Å²) in [5.41, 5.74) is 0.394. The van der Waals surface area contributed by atoms with Crippen molar-refractivity contribution in [3.63, 3.8) is 0 Å². The molecule has 126 valence electrons. The topological polar surface area (TPSA) is 85.3 Å². The monoisotopic (exact) mass is 323 g/mol. The number of methoxy groups -OCH3 is 1. The molecule has 0 radical (unpaired) electrons. The van der Waals surface area contributed by atoms with Gasteiger partial charge < -0.3 is 24.2 Å². The zero-order chi connectivity index (χ0) is 16.8. The molecule has 1 aromatic rings. The fourth-order valence-electron chi connectivity index (χ4n) is 2.29. The second kappa shape index (κ2) is 7.82. The Morgan fingerprint density at radius 1 is 1.43 bits per heavy atom. The van der Waals surface area contributed by atoms with Crippen LogP contribution >= 0.6 is 0 Å². The Bertz CT molecular complexity index is 574. The van der Waals surface area contributed by atoms with Crippen molar-refractivity contribution in [3.8, 4) is 11.5 Å². The van der Waals surface area contributed by atoms with Gasteiger partial charge in [-0.15, -0.1) is 0 Å². The number of carbonyl (C=O) groups is 2. The second-order valence-electron chi connectivity index (χ2n) is 5.16. The highest BCUT2D eigenvalue weighted by molar-refractivity contribution is 5.97. The molecule has 2 rings (SSSR count). The number of hydrogen-bond donors (Lipinski definition) is 1. The molecule has 0 spiro atoms. The standard InChI is InChI=1S/C16H21NO6/c1-3-7-22-13-9-11(21-2)4-5-12(13)15(18)17-6-8-23-14(10-17)16(19)20/h4-5,9,14H,3,6-8,10H2,1-2H3,(H,19,20). The third-order valence-electron chi connectivity index (χ3n) is 3.51. The average Bonchev–Trinajstić information content (AvgIpc) is 2.59. The molecule has 0 aliphatic carbocycles. The van der Waals surface area contributed by atoms with Gasteiger partial charge in [0.05, 0.1) is 32.4 Å². The molecule has 1 unspecified atom stereocenters. The predicted octanol–water partition coefficient (Wildman–Crippen LogP) is 1.41. The van der Waals surface area contributed by atoms with Crippen molar-refractivity contribution in [1.82, 2.24) is 4.90 Å². The van der Waals surface area contributed by atoms with Crippen LogP contribution in [-0.2, 0) is 9.53 Å². The van der Waals surface area contributed by atoms with Crippen LogP contribution in [0.15, 0.2) is 18.2 Å². The summed E-state index contributed by atoms with van der Waals surface area (Å²) in [6, 6.07) is 4.98. The molecule has 1 atom stereocenters. The van der Waals surface area contributed by atoms with E-state index in [0.717, 1.165) is 6.42 Å². The summed E-state index contributed by atoms with van der Waals surface area (Å²) in [5, 5.41) is 9.04. The first-order chi connectivity index (χ1) is 11.1. The normalized spacial score (nSPS) is 17.7. The number of nitrogens with zero attached hydrogens (tertiary/aromatic N) is 1. The van der Waals surface area contributed by atoms with Crippen molar-refractivity contribution >= 4 is 11.9 Å². The quantitative estimate of drug-likeness (QED) is 0.852. The maximum absolute atomic E-state index is 12.7. The summed E-state index contributed by atoms with van der Waals surface area (Å²) in [5.74, 6) is -0.305. The summed E-state index contributed by atoms with van der Waals surface area (Å²) in [4.78, 5) is 25.2. The van der Waals surface area contributed by atoms with Crippen molar-refractivity contribution in [2.45, 2.75) is 19.4 Å². The smallest absolute Gasteiger partial charge is 0.334 e. The lowest BCUT2D eigenvalue weighted by molar-refractivity contribution is -0.154. The Morgan fingerprint density at radius 3 is 2.87 bits per heavy atom. The number of morpholine rings is 1. The molecule has 1 aliphatic heterocycles. The largest absolute Gasteiger partial charge is 0.497 e. The van der Waals surface area contributed by atoms with E-state index < -0.39 is 12.1 Å². The van der Waals surface area contributed by atoms with Gasteiger partial charge in [-0.3, -0.25) is 4.79 Å². The van der Waals surface area contributed by atoms with Gasteiger partial charge in [-0.2, -0.15) is 0 Å². The van der Waals surface area contributed by atoms with Gasteiger partial charge in [0, 0.05) is 12.6 Å². The maximum Gasteiger partial charge on any atom is 0.334 e. The Kier molecular flexibility index (Phi) is 5.81. The van der Waals surface area contributed by atoms with Gasteiger partial charge in [0.15, 0.2) is 6.10 Å².